The molecular weight excluding hydrogens is 293 g/mol. The van der Waals surface area contributed by atoms with E-state index in [0.29, 0.717) is 36.3 Å². The molecule has 23 heavy (non-hydrogen) atoms. The molecule has 0 fully saturated rings. The molecule has 2 rings (SSSR count). The van der Waals surface area contributed by atoms with Gasteiger partial charge in [0.25, 0.3) is 0 Å². The van der Waals surface area contributed by atoms with Gasteiger partial charge < -0.3 is 10.6 Å². The third kappa shape index (κ3) is 5.20. The average Bonchev–Trinajstić information content (AvgIpc) is 2.56. The molecule has 0 aliphatic rings. The van der Waals surface area contributed by atoms with Crippen molar-refractivity contribution in [3.63, 3.8) is 0 Å². The van der Waals surface area contributed by atoms with Gasteiger partial charge in [-0.2, -0.15) is 5.26 Å². The molecule has 2 aromatic rings. The second kappa shape index (κ2) is 8.66. The fraction of sp³-hybridized carbons (Fsp3) is 0.222. The van der Waals surface area contributed by atoms with Gasteiger partial charge in [0.2, 0.25) is 5.91 Å². The number of benzene rings is 2. The van der Waals surface area contributed by atoms with Gasteiger partial charge in [0.05, 0.1) is 11.3 Å². The van der Waals surface area contributed by atoms with Crippen molar-refractivity contribution in [3.8, 4) is 6.07 Å². The predicted octanol–water partition coefficient (Wildman–Crippen LogP) is 2.86. The zero-order valence-corrected chi connectivity index (χ0v) is 12.7. The highest BCUT2D eigenvalue weighted by Gasteiger charge is 2.06. The molecule has 0 aromatic heterocycles. The van der Waals surface area contributed by atoms with Crippen LogP contribution in [0.25, 0.3) is 0 Å². The molecule has 2 N–H and O–H groups in total. The van der Waals surface area contributed by atoms with Crippen molar-refractivity contribution in [2.75, 3.05) is 18.4 Å². The molecule has 0 radical (unpaired) electrons. The minimum Gasteiger partial charge on any atom is -0.325 e. The van der Waals surface area contributed by atoms with Crippen molar-refractivity contribution in [2.45, 2.75) is 12.8 Å². The number of amides is 1. The van der Waals surface area contributed by atoms with Crippen LogP contribution in [0.1, 0.15) is 17.5 Å². The highest BCUT2D eigenvalue weighted by Crippen LogP contribution is 2.13. The molecule has 0 atom stereocenters. The van der Waals surface area contributed by atoms with E-state index in [0.717, 1.165) is 0 Å². The number of rotatable bonds is 7. The van der Waals surface area contributed by atoms with E-state index >= 15 is 0 Å². The normalized spacial score (nSPS) is 10.1. The molecule has 0 heterocycles. The Kier molecular flexibility index (Phi) is 6.28. The van der Waals surface area contributed by atoms with Gasteiger partial charge in [-0.25, -0.2) is 4.39 Å². The maximum absolute atomic E-state index is 13.4. The monoisotopic (exact) mass is 311 g/mol. The first kappa shape index (κ1) is 16.7. The largest absolute Gasteiger partial charge is 0.325 e. The summed E-state index contributed by atoms with van der Waals surface area (Å²) in [7, 11) is 0. The third-order valence-electron chi connectivity index (χ3n) is 3.38. The maximum atomic E-state index is 13.4. The first-order chi connectivity index (χ1) is 11.2. The van der Waals surface area contributed by atoms with E-state index in [2.05, 4.69) is 10.6 Å². The van der Waals surface area contributed by atoms with Gasteiger partial charge >= 0.3 is 0 Å². The molecular formula is C18H18FN3O. The fourth-order valence-corrected chi connectivity index (χ4v) is 2.15. The van der Waals surface area contributed by atoms with Crippen molar-refractivity contribution in [2.24, 2.45) is 0 Å². The first-order valence-corrected chi connectivity index (χ1v) is 7.44. The summed E-state index contributed by atoms with van der Waals surface area (Å²) >= 11 is 0. The predicted molar refractivity (Wildman–Crippen MR) is 87.4 cm³/mol. The standard InChI is InChI=1S/C18H18FN3O/c19-16-7-3-1-5-14(16)9-11-21-12-10-18(23)22-17-8-4-2-6-15(17)13-20/h1-8,21H,9-12H2,(H,22,23). The molecule has 0 saturated carbocycles. The van der Waals surface area contributed by atoms with Crippen LogP contribution in [0.2, 0.25) is 0 Å². The van der Waals surface area contributed by atoms with Crippen LogP contribution in [0, 0.1) is 17.1 Å². The molecule has 5 heteroatoms. The molecule has 2 aromatic carbocycles. The van der Waals surface area contributed by atoms with E-state index in [9.17, 15) is 9.18 Å². The Morgan fingerprint density at radius 3 is 2.61 bits per heavy atom. The van der Waals surface area contributed by atoms with Crippen LogP contribution < -0.4 is 10.6 Å². The first-order valence-electron chi connectivity index (χ1n) is 7.44. The van der Waals surface area contributed by atoms with Crippen molar-refractivity contribution in [1.29, 1.82) is 5.26 Å². The second-order valence-electron chi connectivity index (χ2n) is 5.05. The number of hydrogen-bond acceptors (Lipinski definition) is 3. The number of carbonyl (C=O) groups excluding carboxylic acids is 1. The molecule has 4 nitrogen and oxygen atoms in total. The Bertz CT molecular complexity index is 709. The lowest BCUT2D eigenvalue weighted by Crippen LogP contribution is -2.24. The summed E-state index contributed by atoms with van der Waals surface area (Å²) in [6.07, 6.45) is 0.864. The Labute approximate surface area is 134 Å². The van der Waals surface area contributed by atoms with Gasteiger partial charge in [-0.15, -0.1) is 0 Å². The molecule has 0 bridgehead atoms. The molecule has 0 aliphatic heterocycles. The van der Waals surface area contributed by atoms with E-state index < -0.39 is 0 Å². The van der Waals surface area contributed by atoms with Crippen molar-refractivity contribution in [3.05, 3.63) is 65.5 Å². The van der Waals surface area contributed by atoms with E-state index in [1.165, 1.54) is 6.07 Å². The lowest BCUT2D eigenvalue weighted by Gasteiger charge is -2.08. The van der Waals surface area contributed by atoms with E-state index in [1.54, 1.807) is 42.5 Å². The zero-order chi connectivity index (χ0) is 16.5. The smallest absolute Gasteiger partial charge is 0.225 e. The summed E-state index contributed by atoms with van der Waals surface area (Å²) in [5, 5.41) is 14.8. The summed E-state index contributed by atoms with van der Waals surface area (Å²) in [6, 6.07) is 15.6. The lowest BCUT2D eigenvalue weighted by atomic mass is 10.1. The SMILES string of the molecule is N#Cc1ccccc1NC(=O)CCNCCc1ccccc1F. The summed E-state index contributed by atoms with van der Waals surface area (Å²) in [6.45, 7) is 1.10. The maximum Gasteiger partial charge on any atom is 0.225 e. The van der Waals surface area contributed by atoms with Gasteiger partial charge in [-0.3, -0.25) is 4.79 Å². The van der Waals surface area contributed by atoms with Crippen molar-refractivity contribution >= 4 is 11.6 Å². The minimum absolute atomic E-state index is 0.161. The Morgan fingerprint density at radius 2 is 1.83 bits per heavy atom. The minimum atomic E-state index is -0.208. The highest BCUT2D eigenvalue weighted by molar-refractivity contribution is 5.92. The van der Waals surface area contributed by atoms with Crippen LogP contribution in [0.3, 0.4) is 0 Å². The van der Waals surface area contributed by atoms with Crippen LogP contribution in [0.5, 0.6) is 0 Å². The number of nitrogens with zero attached hydrogens (tertiary/aromatic N) is 1. The number of nitrogens with one attached hydrogen (secondary N) is 2. The number of halogens is 1. The Morgan fingerprint density at radius 1 is 1.09 bits per heavy atom. The molecule has 0 unspecified atom stereocenters. The number of para-hydroxylation sites is 1. The number of carbonyl (C=O) groups is 1. The number of nitriles is 1. The Balaban J connectivity index is 1.69. The van der Waals surface area contributed by atoms with Gasteiger partial charge in [-0.05, 0) is 36.7 Å². The quantitative estimate of drug-likeness (QED) is 0.773. The third-order valence-corrected chi connectivity index (χ3v) is 3.38. The molecule has 0 aliphatic carbocycles. The fourth-order valence-electron chi connectivity index (χ4n) is 2.15. The van der Waals surface area contributed by atoms with Crippen LogP contribution >= 0.6 is 0 Å². The molecule has 118 valence electrons. The van der Waals surface area contributed by atoms with Crippen LogP contribution in [0.15, 0.2) is 48.5 Å². The van der Waals surface area contributed by atoms with Crippen LogP contribution in [-0.2, 0) is 11.2 Å². The highest BCUT2D eigenvalue weighted by atomic mass is 19.1. The second-order valence-corrected chi connectivity index (χ2v) is 5.05. The van der Waals surface area contributed by atoms with Gasteiger partial charge in [-0.1, -0.05) is 30.3 Å². The number of hydrogen-bond donors (Lipinski definition) is 2. The van der Waals surface area contributed by atoms with Gasteiger partial charge in [0.1, 0.15) is 11.9 Å². The Hall–Kier alpha value is -2.71. The van der Waals surface area contributed by atoms with Gasteiger partial charge in [0.15, 0.2) is 0 Å². The topological polar surface area (TPSA) is 64.9 Å². The van der Waals surface area contributed by atoms with E-state index in [4.69, 9.17) is 5.26 Å². The lowest BCUT2D eigenvalue weighted by molar-refractivity contribution is -0.116. The van der Waals surface area contributed by atoms with Crippen LogP contribution in [-0.4, -0.2) is 19.0 Å². The van der Waals surface area contributed by atoms with Gasteiger partial charge in [0, 0.05) is 13.0 Å². The molecule has 0 saturated heterocycles. The summed E-state index contributed by atoms with van der Waals surface area (Å²) in [5.74, 6) is -0.369. The summed E-state index contributed by atoms with van der Waals surface area (Å²) in [4.78, 5) is 11.8. The van der Waals surface area contributed by atoms with E-state index in [-0.39, 0.29) is 18.1 Å². The molecule has 0 spiro atoms. The van der Waals surface area contributed by atoms with Crippen LogP contribution in [0.4, 0.5) is 10.1 Å². The summed E-state index contributed by atoms with van der Waals surface area (Å²) < 4.78 is 13.4. The van der Waals surface area contributed by atoms with E-state index in [1.807, 2.05) is 6.07 Å². The average molecular weight is 311 g/mol. The van der Waals surface area contributed by atoms with Crippen molar-refractivity contribution in [1.82, 2.24) is 5.32 Å². The summed E-state index contributed by atoms with van der Waals surface area (Å²) in [5.41, 5.74) is 1.62. The number of anilines is 1. The zero-order valence-electron chi connectivity index (χ0n) is 12.7. The molecule has 1 amide bonds. The van der Waals surface area contributed by atoms with Crippen molar-refractivity contribution < 1.29 is 9.18 Å².